The molecule has 24 heavy (non-hydrogen) atoms. The normalized spacial score (nSPS) is 10.2. The van der Waals surface area contributed by atoms with Crippen LogP contribution in [0.2, 0.25) is 0 Å². The molecule has 1 heterocycles. The molecule has 0 saturated carbocycles. The zero-order valence-corrected chi connectivity index (χ0v) is 15.1. The Balaban J connectivity index is 1.59. The van der Waals surface area contributed by atoms with Gasteiger partial charge in [-0.1, -0.05) is 18.7 Å². The molecular formula is C18H22N2O2S2. The van der Waals surface area contributed by atoms with Crippen molar-refractivity contribution in [3.05, 3.63) is 61.1 Å². The molecule has 1 aromatic carbocycles. The maximum atomic E-state index is 5.50. The smallest absolute Gasteiger partial charge is 0.170 e. The molecule has 2 aromatic rings. The van der Waals surface area contributed by atoms with E-state index in [2.05, 4.69) is 17.2 Å². The monoisotopic (exact) mass is 362 g/mol. The summed E-state index contributed by atoms with van der Waals surface area (Å²) in [5, 5.41) is 7.00. The Hall–Kier alpha value is -1.92. The molecule has 2 rings (SSSR count). The molecule has 128 valence electrons. The standard InChI is InChI=1S/C18H22N2O2S2/c1-2-10-21-16-7-3-6-15(13-16)20-18(23)19-9-5-12-24-14-17-8-4-11-22-17/h2-4,6-8,11,13H,1,5,9-10,12,14H2,(H2,19,20,23). The first kappa shape index (κ1) is 18.4. The number of ether oxygens (including phenoxy) is 1. The number of anilines is 1. The van der Waals surface area contributed by atoms with Gasteiger partial charge in [-0.05, 0) is 48.7 Å². The lowest BCUT2D eigenvalue weighted by Gasteiger charge is -2.11. The molecule has 2 N–H and O–H groups in total. The lowest BCUT2D eigenvalue weighted by atomic mass is 10.3. The highest BCUT2D eigenvalue weighted by atomic mass is 32.2. The van der Waals surface area contributed by atoms with Crippen molar-refractivity contribution in [1.82, 2.24) is 5.32 Å². The van der Waals surface area contributed by atoms with Gasteiger partial charge in [0.2, 0.25) is 0 Å². The van der Waals surface area contributed by atoms with E-state index >= 15 is 0 Å². The number of nitrogens with one attached hydrogen (secondary N) is 2. The maximum absolute atomic E-state index is 5.50. The van der Waals surface area contributed by atoms with Gasteiger partial charge in [0.25, 0.3) is 0 Å². The van der Waals surface area contributed by atoms with Crippen LogP contribution >= 0.6 is 24.0 Å². The van der Waals surface area contributed by atoms with Crippen LogP contribution in [0.15, 0.2) is 59.7 Å². The predicted octanol–water partition coefficient (Wildman–Crippen LogP) is 4.45. The molecule has 0 aliphatic heterocycles. The van der Waals surface area contributed by atoms with Crippen LogP contribution in [0.1, 0.15) is 12.2 Å². The molecule has 0 amide bonds. The molecule has 6 heteroatoms. The Morgan fingerprint density at radius 3 is 3.04 bits per heavy atom. The van der Waals surface area contributed by atoms with Gasteiger partial charge in [0.1, 0.15) is 18.1 Å². The van der Waals surface area contributed by atoms with E-state index in [9.17, 15) is 0 Å². The van der Waals surface area contributed by atoms with E-state index in [1.807, 2.05) is 48.2 Å². The minimum atomic E-state index is 0.488. The highest BCUT2D eigenvalue weighted by Gasteiger charge is 2.00. The summed E-state index contributed by atoms with van der Waals surface area (Å²) >= 11 is 7.16. The minimum absolute atomic E-state index is 0.488. The second kappa shape index (κ2) is 10.8. The molecule has 0 saturated heterocycles. The van der Waals surface area contributed by atoms with Crippen molar-refractivity contribution in [3.8, 4) is 5.75 Å². The third kappa shape index (κ3) is 7.10. The minimum Gasteiger partial charge on any atom is -0.489 e. The first-order valence-corrected chi connectivity index (χ1v) is 9.33. The van der Waals surface area contributed by atoms with E-state index in [1.165, 1.54) is 0 Å². The van der Waals surface area contributed by atoms with Gasteiger partial charge in [0, 0.05) is 18.3 Å². The summed E-state index contributed by atoms with van der Waals surface area (Å²) in [4.78, 5) is 0. The number of hydrogen-bond acceptors (Lipinski definition) is 4. The summed E-state index contributed by atoms with van der Waals surface area (Å²) in [5.74, 6) is 3.77. The lowest BCUT2D eigenvalue weighted by Crippen LogP contribution is -2.29. The van der Waals surface area contributed by atoms with Crippen LogP contribution in [0.25, 0.3) is 0 Å². The summed E-state index contributed by atoms with van der Waals surface area (Å²) in [6, 6.07) is 11.6. The molecule has 4 nitrogen and oxygen atoms in total. The van der Waals surface area contributed by atoms with Crippen molar-refractivity contribution in [2.45, 2.75) is 12.2 Å². The second-order valence-electron chi connectivity index (χ2n) is 4.99. The van der Waals surface area contributed by atoms with E-state index in [-0.39, 0.29) is 0 Å². The number of thiocarbonyl (C=S) groups is 1. The van der Waals surface area contributed by atoms with Crippen molar-refractivity contribution >= 4 is 34.8 Å². The first-order chi connectivity index (χ1) is 11.8. The summed E-state index contributed by atoms with van der Waals surface area (Å²) < 4.78 is 10.8. The predicted molar refractivity (Wildman–Crippen MR) is 106 cm³/mol. The molecule has 0 aliphatic rings. The zero-order valence-electron chi connectivity index (χ0n) is 13.5. The zero-order chi connectivity index (χ0) is 17.0. The molecule has 0 unspecified atom stereocenters. The summed E-state index contributed by atoms with van der Waals surface area (Å²) in [6.07, 6.45) is 4.46. The molecular weight excluding hydrogens is 340 g/mol. The molecule has 0 atom stereocenters. The molecule has 0 spiro atoms. The van der Waals surface area contributed by atoms with E-state index in [1.54, 1.807) is 12.3 Å². The molecule has 0 fully saturated rings. The van der Waals surface area contributed by atoms with Crippen molar-refractivity contribution < 1.29 is 9.15 Å². The van der Waals surface area contributed by atoms with Crippen molar-refractivity contribution in [1.29, 1.82) is 0 Å². The topological polar surface area (TPSA) is 46.4 Å². The van der Waals surface area contributed by atoms with E-state index in [4.69, 9.17) is 21.4 Å². The van der Waals surface area contributed by atoms with E-state index < -0.39 is 0 Å². The Bertz CT molecular complexity index is 630. The van der Waals surface area contributed by atoms with Crippen LogP contribution in [0.4, 0.5) is 5.69 Å². The second-order valence-corrected chi connectivity index (χ2v) is 6.51. The Morgan fingerprint density at radius 2 is 2.25 bits per heavy atom. The van der Waals surface area contributed by atoms with Crippen molar-refractivity contribution in [2.24, 2.45) is 0 Å². The average Bonchev–Trinajstić information content (AvgIpc) is 3.10. The lowest BCUT2D eigenvalue weighted by molar-refractivity contribution is 0.363. The number of benzene rings is 1. The fourth-order valence-corrected chi connectivity index (χ4v) is 3.02. The van der Waals surface area contributed by atoms with Crippen LogP contribution in [-0.2, 0) is 5.75 Å². The molecule has 0 bridgehead atoms. The van der Waals surface area contributed by atoms with Gasteiger partial charge in [-0.25, -0.2) is 0 Å². The fourth-order valence-electron chi connectivity index (χ4n) is 1.94. The van der Waals surface area contributed by atoms with Gasteiger partial charge < -0.3 is 19.8 Å². The highest BCUT2D eigenvalue weighted by molar-refractivity contribution is 7.98. The molecule has 1 aromatic heterocycles. The fraction of sp³-hybridized carbons (Fsp3) is 0.278. The highest BCUT2D eigenvalue weighted by Crippen LogP contribution is 2.17. The third-order valence-electron chi connectivity index (χ3n) is 3.04. The van der Waals surface area contributed by atoms with Gasteiger partial charge in [0.15, 0.2) is 5.11 Å². The maximum Gasteiger partial charge on any atom is 0.170 e. The van der Waals surface area contributed by atoms with Crippen LogP contribution in [0.5, 0.6) is 5.75 Å². The van der Waals surface area contributed by atoms with Crippen LogP contribution in [0, 0.1) is 0 Å². The average molecular weight is 363 g/mol. The molecule has 0 aliphatic carbocycles. The first-order valence-electron chi connectivity index (χ1n) is 7.76. The Labute approximate surface area is 152 Å². The SMILES string of the molecule is C=CCOc1cccc(NC(=S)NCCCSCc2ccco2)c1. The van der Waals surface area contributed by atoms with Crippen LogP contribution < -0.4 is 15.4 Å². The quantitative estimate of drug-likeness (QED) is 0.370. The Morgan fingerprint density at radius 1 is 1.33 bits per heavy atom. The number of furan rings is 1. The summed E-state index contributed by atoms with van der Waals surface area (Å²) in [5.41, 5.74) is 0.904. The largest absolute Gasteiger partial charge is 0.489 e. The van der Waals surface area contributed by atoms with Crippen LogP contribution in [0.3, 0.4) is 0 Å². The Kier molecular flexibility index (Phi) is 8.27. The number of hydrogen-bond donors (Lipinski definition) is 2. The van der Waals surface area contributed by atoms with Crippen molar-refractivity contribution in [2.75, 3.05) is 24.2 Å². The van der Waals surface area contributed by atoms with Gasteiger partial charge >= 0.3 is 0 Å². The van der Waals surface area contributed by atoms with Gasteiger partial charge in [0.05, 0.1) is 12.0 Å². The molecule has 0 radical (unpaired) electrons. The van der Waals surface area contributed by atoms with Crippen LogP contribution in [-0.4, -0.2) is 24.0 Å². The van der Waals surface area contributed by atoms with E-state index in [0.29, 0.717) is 11.7 Å². The van der Waals surface area contributed by atoms with Gasteiger partial charge in [-0.3, -0.25) is 0 Å². The van der Waals surface area contributed by atoms with Crippen molar-refractivity contribution in [3.63, 3.8) is 0 Å². The number of rotatable bonds is 10. The van der Waals surface area contributed by atoms with Gasteiger partial charge in [-0.15, -0.1) is 0 Å². The summed E-state index contributed by atoms with van der Waals surface area (Å²) in [6.45, 7) is 4.96. The van der Waals surface area contributed by atoms with Gasteiger partial charge in [-0.2, -0.15) is 11.8 Å². The summed E-state index contributed by atoms with van der Waals surface area (Å²) in [7, 11) is 0. The number of thioether (sulfide) groups is 1. The third-order valence-corrected chi connectivity index (χ3v) is 4.35. The van der Waals surface area contributed by atoms with E-state index in [0.717, 1.165) is 41.7 Å².